The van der Waals surface area contributed by atoms with Gasteiger partial charge >= 0.3 is 0 Å². The lowest BCUT2D eigenvalue weighted by Gasteiger charge is -2.34. The Labute approximate surface area is 145 Å². The highest BCUT2D eigenvalue weighted by atomic mass is 16.5. The van der Waals surface area contributed by atoms with Crippen molar-refractivity contribution in [3.63, 3.8) is 0 Å². The second-order valence-corrected chi connectivity index (χ2v) is 6.63. The highest BCUT2D eigenvalue weighted by molar-refractivity contribution is 5.91. The van der Waals surface area contributed by atoms with Gasteiger partial charge in [0.25, 0.3) is 11.5 Å². The van der Waals surface area contributed by atoms with Crippen LogP contribution in [0.25, 0.3) is 0 Å². The van der Waals surface area contributed by atoms with Crippen molar-refractivity contribution in [3.05, 3.63) is 45.5 Å². The third kappa shape index (κ3) is 3.96. The summed E-state index contributed by atoms with van der Waals surface area (Å²) in [5.74, 6) is 0.853. The predicted octanol–water partition coefficient (Wildman–Crippen LogP) is 1.48. The van der Waals surface area contributed by atoms with Crippen molar-refractivity contribution in [1.82, 2.24) is 20.0 Å². The molecule has 134 valence electrons. The summed E-state index contributed by atoms with van der Waals surface area (Å²) < 4.78 is 10.7. The lowest BCUT2D eigenvalue weighted by molar-refractivity contribution is -0.00594. The molecule has 2 aromatic heterocycles. The number of nitrogens with zero attached hydrogens (tertiary/aromatic N) is 3. The summed E-state index contributed by atoms with van der Waals surface area (Å²) in [5.41, 5.74) is 1.02. The molecule has 0 bridgehead atoms. The van der Waals surface area contributed by atoms with Gasteiger partial charge in [-0.2, -0.15) is 0 Å². The van der Waals surface area contributed by atoms with Crippen LogP contribution in [0, 0.1) is 12.8 Å². The summed E-state index contributed by atoms with van der Waals surface area (Å²) in [7, 11) is 0. The predicted molar refractivity (Wildman–Crippen MR) is 89.2 cm³/mol. The monoisotopic (exact) mass is 346 g/mol. The molecule has 25 heavy (non-hydrogen) atoms. The summed E-state index contributed by atoms with van der Waals surface area (Å²) in [4.78, 5) is 33.2. The molecule has 1 amide bonds. The quantitative estimate of drug-likeness (QED) is 0.900. The van der Waals surface area contributed by atoms with Crippen LogP contribution in [0.2, 0.25) is 0 Å². The van der Waals surface area contributed by atoms with Crippen LogP contribution in [0.3, 0.4) is 0 Å². The standard InChI is InChI=1S/C17H22N4O4/c1-10(2)6-12-7-15(25-20-12)17(23)21-4-5-24-9-14(21)13-8-16(22)19-11(3)18-13/h7-8,10,14H,4-6,9H2,1-3H3,(H,18,19,22)/t14-/m0/s1. The molecule has 1 aliphatic rings. The van der Waals surface area contributed by atoms with E-state index in [1.165, 1.54) is 6.07 Å². The van der Waals surface area contributed by atoms with Gasteiger partial charge in [-0.3, -0.25) is 9.59 Å². The number of morpholine rings is 1. The molecule has 1 N–H and O–H groups in total. The molecule has 0 spiro atoms. The van der Waals surface area contributed by atoms with Crippen LogP contribution < -0.4 is 5.56 Å². The molecule has 1 aliphatic heterocycles. The number of nitrogens with one attached hydrogen (secondary N) is 1. The van der Waals surface area contributed by atoms with E-state index in [0.29, 0.717) is 30.6 Å². The Hall–Kier alpha value is -2.48. The molecular formula is C17H22N4O4. The molecule has 0 aromatic carbocycles. The number of hydrogen-bond acceptors (Lipinski definition) is 6. The Balaban J connectivity index is 1.86. The largest absolute Gasteiger partial charge is 0.377 e. The van der Waals surface area contributed by atoms with Gasteiger partial charge in [-0.15, -0.1) is 0 Å². The Morgan fingerprint density at radius 2 is 2.24 bits per heavy atom. The average Bonchev–Trinajstić information content (AvgIpc) is 3.01. The lowest BCUT2D eigenvalue weighted by Crippen LogP contribution is -2.44. The first-order chi connectivity index (χ1) is 11.9. The van der Waals surface area contributed by atoms with Gasteiger partial charge in [0, 0.05) is 18.7 Å². The zero-order valence-electron chi connectivity index (χ0n) is 14.6. The maximum Gasteiger partial charge on any atom is 0.293 e. The number of aromatic nitrogens is 3. The van der Waals surface area contributed by atoms with E-state index in [1.807, 2.05) is 0 Å². The number of carbonyl (C=O) groups is 1. The van der Waals surface area contributed by atoms with Crippen molar-refractivity contribution in [2.45, 2.75) is 33.2 Å². The fourth-order valence-electron chi connectivity index (χ4n) is 2.93. The van der Waals surface area contributed by atoms with Crippen molar-refractivity contribution >= 4 is 5.91 Å². The molecule has 1 fully saturated rings. The molecule has 8 nitrogen and oxygen atoms in total. The molecule has 0 saturated carbocycles. The van der Waals surface area contributed by atoms with Gasteiger partial charge < -0.3 is 19.1 Å². The van der Waals surface area contributed by atoms with Gasteiger partial charge in [0.1, 0.15) is 5.82 Å². The SMILES string of the molecule is Cc1nc([C@@H]2COCCN2C(=O)c2cc(CC(C)C)no2)cc(=O)[nH]1. The van der Waals surface area contributed by atoms with Crippen LogP contribution in [0.1, 0.15) is 47.7 Å². The molecule has 1 atom stereocenters. The number of hydrogen-bond donors (Lipinski definition) is 1. The first-order valence-corrected chi connectivity index (χ1v) is 8.36. The minimum atomic E-state index is -0.430. The van der Waals surface area contributed by atoms with Crippen LogP contribution in [0.4, 0.5) is 0 Å². The topological polar surface area (TPSA) is 101 Å². The second-order valence-electron chi connectivity index (χ2n) is 6.63. The summed E-state index contributed by atoms with van der Waals surface area (Å²) in [6.45, 7) is 6.98. The number of H-pyrrole nitrogens is 1. The smallest absolute Gasteiger partial charge is 0.293 e. The lowest BCUT2D eigenvalue weighted by atomic mass is 10.1. The van der Waals surface area contributed by atoms with E-state index >= 15 is 0 Å². The third-order valence-corrected chi connectivity index (χ3v) is 4.00. The number of carbonyl (C=O) groups excluding carboxylic acids is 1. The van der Waals surface area contributed by atoms with E-state index in [4.69, 9.17) is 9.26 Å². The summed E-state index contributed by atoms with van der Waals surface area (Å²) in [6, 6.07) is 2.66. The summed E-state index contributed by atoms with van der Waals surface area (Å²) in [5, 5.41) is 3.97. The molecule has 2 aromatic rings. The van der Waals surface area contributed by atoms with Crippen LogP contribution in [-0.4, -0.2) is 45.7 Å². The van der Waals surface area contributed by atoms with Crippen LogP contribution in [0.5, 0.6) is 0 Å². The van der Waals surface area contributed by atoms with E-state index in [-0.39, 0.29) is 23.8 Å². The maximum absolute atomic E-state index is 12.9. The van der Waals surface area contributed by atoms with Gasteiger partial charge in [-0.05, 0) is 19.3 Å². The molecular weight excluding hydrogens is 324 g/mol. The molecule has 0 unspecified atom stereocenters. The Kier molecular flexibility index (Phi) is 4.98. The van der Waals surface area contributed by atoms with Gasteiger partial charge in [-0.25, -0.2) is 4.98 Å². The first kappa shape index (κ1) is 17.3. The van der Waals surface area contributed by atoms with Crippen molar-refractivity contribution < 1.29 is 14.1 Å². The highest BCUT2D eigenvalue weighted by Gasteiger charge is 2.32. The number of rotatable bonds is 4. The van der Waals surface area contributed by atoms with Crippen molar-refractivity contribution in [2.24, 2.45) is 5.92 Å². The Bertz CT molecular complexity index is 811. The number of amides is 1. The van der Waals surface area contributed by atoms with E-state index in [1.54, 1.807) is 17.9 Å². The van der Waals surface area contributed by atoms with Gasteiger partial charge in [0.2, 0.25) is 5.76 Å². The van der Waals surface area contributed by atoms with Gasteiger partial charge in [0.15, 0.2) is 0 Å². The van der Waals surface area contributed by atoms with Crippen LogP contribution in [0.15, 0.2) is 21.5 Å². The normalized spacial score (nSPS) is 17.9. The summed E-state index contributed by atoms with van der Waals surface area (Å²) in [6.07, 6.45) is 0.748. The second kappa shape index (κ2) is 7.18. The summed E-state index contributed by atoms with van der Waals surface area (Å²) >= 11 is 0. The minimum Gasteiger partial charge on any atom is -0.377 e. The maximum atomic E-state index is 12.9. The Morgan fingerprint density at radius 3 is 2.96 bits per heavy atom. The number of ether oxygens (including phenoxy) is 1. The molecule has 3 rings (SSSR count). The number of aromatic amines is 1. The van der Waals surface area contributed by atoms with Gasteiger partial charge in [0.05, 0.1) is 30.6 Å². The fraction of sp³-hybridized carbons (Fsp3) is 0.529. The van der Waals surface area contributed by atoms with E-state index in [0.717, 1.165) is 12.1 Å². The van der Waals surface area contributed by atoms with Crippen LogP contribution >= 0.6 is 0 Å². The Morgan fingerprint density at radius 1 is 1.44 bits per heavy atom. The zero-order valence-corrected chi connectivity index (χ0v) is 14.6. The highest BCUT2D eigenvalue weighted by Crippen LogP contribution is 2.24. The van der Waals surface area contributed by atoms with Gasteiger partial charge in [-0.1, -0.05) is 19.0 Å². The van der Waals surface area contributed by atoms with E-state index in [2.05, 4.69) is 29.0 Å². The van der Waals surface area contributed by atoms with Crippen LogP contribution in [-0.2, 0) is 11.2 Å². The minimum absolute atomic E-state index is 0.198. The van der Waals surface area contributed by atoms with Crippen molar-refractivity contribution in [2.75, 3.05) is 19.8 Å². The van der Waals surface area contributed by atoms with E-state index < -0.39 is 6.04 Å². The van der Waals surface area contributed by atoms with Crippen molar-refractivity contribution in [3.8, 4) is 0 Å². The molecule has 0 aliphatic carbocycles. The van der Waals surface area contributed by atoms with E-state index in [9.17, 15) is 9.59 Å². The molecule has 8 heteroatoms. The average molecular weight is 346 g/mol. The molecule has 0 radical (unpaired) electrons. The fourth-order valence-corrected chi connectivity index (χ4v) is 2.93. The molecule has 3 heterocycles. The first-order valence-electron chi connectivity index (χ1n) is 8.36. The number of aryl methyl sites for hydroxylation is 1. The molecule has 1 saturated heterocycles. The third-order valence-electron chi connectivity index (χ3n) is 4.00. The zero-order chi connectivity index (χ0) is 18.0. The van der Waals surface area contributed by atoms with Crippen molar-refractivity contribution in [1.29, 1.82) is 0 Å².